The summed E-state index contributed by atoms with van der Waals surface area (Å²) in [5.41, 5.74) is 1.02. The molecule has 1 saturated heterocycles. The molecule has 1 N–H and O–H groups in total. The second-order valence-electron chi connectivity index (χ2n) is 5.91. The van der Waals surface area contributed by atoms with E-state index in [1.54, 1.807) is 24.3 Å². The van der Waals surface area contributed by atoms with Crippen LogP contribution in [0.5, 0.6) is 0 Å². The zero-order valence-electron chi connectivity index (χ0n) is 13.5. The number of hydrogen-bond donors (Lipinski definition) is 1. The molecule has 0 bridgehead atoms. The Kier molecular flexibility index (Phi) is 6.16. The fourth-order valence-electron chi connectivity index (χ4n) is 2.80. The fourth-order valence-corrected chi connectivity index (χ4v) is 2.80. The minimum atomic E-state index is -0.100. The van der Waals surface area contributed by atoms with Crippen LogP contribution in [0, 0.1) is 17.2 Å². The number of likely N-dealkylation sites (tertiary alicyclic amines) is 1. The van der Waals surface area contributed by atoms with Gasteiger partial charge < -0.3 is 10.2 Å². The first-order valence-corrected chi connectivity index (χ1v) is 8.23. The molecule has 0 unspecified atom stereocenters. The summed E-state index contributed by atoms with van der Waals surface area (Å²) >= 11 is 0. The third-order valence-electron chi connectivity index (χ3n) is 4.27. The number of carbonyl (C=O) groups excluding carboxylic acids is 2. The number of anilines is 1. The lowest BCUT2D eigenvalue weighted by Crippen LogP contribution is -2.41. The van der Waals surface area contributed by atoms with Crippen LogP contribution in [0.1, 0.15) is 44.6 Å². The average molecular weight is 313 g/mol. The van der Waals surface area contributed by atoms with Crippen molar-refractivity contribution in [1.82, 2.24) is 4.90 Å². The van der Waals surface area contributed by atoms with E-state index >= 15 is 0 Å². The summed E-state index contributed by atoms with van der Waals surface area (Å²) in [5.74, 6) is 0.0332. The molecular weight excluding hydrogens is 290 g/mol. The molecule has 2 rings (SSSR count). The zero-order valence-corrected chi connectivity index (χ0v) is 13.5. The number of para-hydroxylation sites is 1. The van der Waals surface area contributed by atoms with Crippen molar-refractivity contribution in [3.05, 3.63) is 29.8 Å². The van der Waals surface area contributed by atoms with Crippen molar-refractivity contribution in [3.8, 4) is 6.07 Å². The van der Waals surface area contributed by atoms with Crippen molar-refractivity contribution in [3.63, 3.8) is 0 Å². The quantitative estimate of drug-likeness (QED) is 0.908. The van der Waals surface area contributed by atoms with E-state index in [0.717, 1.165) is 12.8 Å². The number of piperidine rings is 1. The van der Waals surface area contributed by atoms with E-state index in [-0.39, 0.29) is 17.7 Å². The number of unbranched alkanes of at least 4 members (excludes halogenated alkanes) is 1. The van der Waals surface area contributed by atoms with Crippen molar-refractivity contribution in [2.75, 3.05) is 18.4 Å². The molecule has 1 fully saturated rings. The fraction of sp³-hybridized carbons (Fsp3) is 0.500. The SMILES string of the molecule is CCCCC(=O)N1CCC(C(=O)Nc2ccccc2C#N)CC1. The molecule has 0 radical (unpaired) electrons. The van der Waals surface area contributed by atoms with Gasteiger partial charge in [-0.2, -0.15) is 5.26 Å². The van der Waals surface area contributed by atoms with Crippen LogP contribution in [0.25, 0.3) is 0 Å². The van der Waals surface area contributed by atoms with E-state index in [9.17, 15) is 9.59 Å². The van der Waals surface area contributed by atoms with Gasteiger partial charge in [-0.1, -0.05) is 25.5 Å². The van der Waals surface area contributed by atoms with Gasteiger partial charge in [0.05, 0.1) is 11.3 Å². The molecular formula is C18H23N3O2. The van der Waals surface area contributed by atoms with E-state index in [4.69, 9.17) is 5.26 Å². The van der Waals surface area contributed by atoms with Crippen LogP contribution in [0.15, 0.2) is 24.3 Å². The summed E-state index contributed by atoms with van der Waals surface area (Å²) < 4.78 is 0. The lowest BCUT2D eigenvalue weighted by Gasteiger charge is -2.31. The highest BCUT2D eigenvalue weighted by atomic mass is 16.2. The largest absolute Gasteiger partial charge is 0.343 e. The standard InChI is InChI=1S/C18H23N3O2/c1-2-3-8-17(22)21-11-9-14(10-12-21)18(23)20-16-7-5-4-6-15(16)13-19/h4-7,14H,2-3,8-12H2,1H3,(H,20,23). The van der Waals surface area contributed by atoms with Gasteiger partial charge in [-0.25, -0.2) is 0 Å². The monoisotopic (exact) mass is 313 g/mol. The molecule has 0 saturated carbocycles. The highest BCUT2D eigenvalue weighted by molar-refractivity contribution is 5.94. The van der Waals surface area contributed by atoms with Gasteiger partial charge in [0.25, 0.3) is 0 Å². The van der Waals surface area contributed by atoms with Crippen LogP contribution >= 0.6 is 0 Å². The van der Waals surface area contributed by atoms with Crippen LogP contribution in [0.4, 0.5) is 5.69 Å². The molecule has 2 amide bonds. The molecule has 1 aromatic carbocycles. The van der Waals surface area contributed by atoms with Crippen LogP contribution in [0.3, 0.4) is 0 Å². The first-order chi connectivity index (χ1) is 11.2. The maximum absolute atomic E-state index is 12.4. The first kappa shape index (κ1) is 17.0. The van der Waals surface area contributed by atoms with Gasteiger partial charge in [-0.15, -0.1) is 0 Å². The number of carbonyl (C=O) groups is 2. The van der Waals surface area contributed by atoms with Crippen molar-refractivity contribution >= 4 is 17.5 Å². The summed E-state index contributed by atoms with van der Waals surface area (Å²) in [5, 5.41) is 11.9. The third-order valence-corrected chi connectivity index (χ3v) is 4.27. The Labute approximate surface area is 137 Å². The molecule has 1 heterocycles. The van der Waals surface area contributed by atoms with Gasteiger partial charge >= 0.3 is 0 Å². The normalized spacial score (nSPS) is 15.0. The Bertz CT molecular complexity index is 599. The van der Waals surface area contributed by atoms with E-state index < -0.39 is 0 Å². The van der Waals surface area contributed by atoms with Gasteiger partial charge in [0.2, 0.25) is 11.8 Å². The lowest BCUT2D eigenvalue weighted by molar-refractivity contribution is -0.134. The van der Waals surface area contributed by atoms with Gasteiger partial charge in [-0.3, -0.25) is 9.59 Å². The Balaban J connectivity index is 1.86. The van der Waals surface area contributed by atoms with Crippen LogP contribution < -0.4 is 5.32 Å². The van der Waals surface area contributed by atoms with Gasteiger partial charge in [0.15, 0.2) is 0 Å². The molecule has 23 heavy (non-hydrogen) atoms. The van der Waals surface area contributed by atoms with E-state index in [0.29, 0.717) is 43.6 Å². The molecule has 1 aliphatic rings. The minimum absolute atomic E-state index is 0.0617. The zero-order chi connectivity index (χ0) is 16.7. The van der Waals surface area contributed by atoms with Gasteiger partial charge in [0.1, 0.15) is 6.07 Å². The van der Waals surface area contributed by atoms with Crippen molar-refractivity contribution in [2.24, 2.45) is 5.92 Å². The number of hydrogen-bond acceptors (Lipinski definition) is 3. The highest BCUT2D eigenvalue weighted by Crippen LogP contribution is 2.21. The second-order valence-corrected chi connectivity index (χ2v) is 5.91. The Morgan fingerprint density at radius 2 is 2.00 bits per heavy atom. The van der Waals surface area contributed by atoms with Crippen LogP contribution in [-0.4, -0.2) is 29.8 Å². The number of amides is 2. The number of nitriles is 1. The summed E-state index contributed by atoms with van der Waals surface area (Å²) in [6.45, 7) is 3.35. The minimum Gasteiger partial charge on any atom is -0.343 e. The molecule has 0 atom stereocenters. The van der Waals surface area contributed by atoms with Gasteiger partial charge in [-0.05, 0) is 31.4 Å². The average Bonchev–Trinajstić information content (AvgIpc) is 2.60. The summed E-state index contributed by atoms with van der Waals surface area (Å²) in [7, 11) is 0. The summed E-state index contributed by atoms with van der Waals surface area (Å²) in [4.78, 5) is 26.2. The molecule has 0 aromatic heterocycles. The summed E-state index contributed by atoms with van der Waals surface area (Å²) in [6.07, 6.45) is 3.90. The van der Waals surface area contributed by atoms with Crippen molar-refractivity contribution in [1.29, 1.82) is 5.26 Å². The molecule has 0 aliphatic carbocycles. The Morgan fingerprint density at radius 3 is 2.65 bits per heavy atom. The maximum Gasteiger partial charge on any atom is 0.227 e. The van der Waals surface area contributed by atoms with E-state index in [2.05, 4.69) is 18.3 Å². The molecule has 1 aliphatic heterocycles. The first-order valence-electron chi connectivity index (χ1n) is 8.23. The Morgan fingerprint density at radius 1 is 1.30 bits per heavy atom. The number of benzene rings is 1. The van der Waals surface area contributed by atoms with Crippen LogP contribution in [-0.2, 0) is 9.59 Å². The lowest BCUT2D eigenvalue weighted by atomic mass is 9.95. The van der Waals surface area contributed by atoms with Crippen molar-refractivity contribution < 1.29 is 9.59 Å². The predicted molar refractivity (Wildman–Crippen MR) is 88.6 cm³/mol. The molecule has 0 spiro atoms. The number of nitrogens with zero attached hydrogens (tertiary/aromatic N) is 2. The summed E-state index contributed by atoms with van der Waals surface area (Å²) in [6, 6.07) is 9.07. The third kappa shape index (κ3) is 4.56. The molecule has 5 heteroatoms. The molecule has 5 nitrogen and oxygen atoms in total. The van der Waals surface area contributed by atoms with Crippen LogP contribution in [0.2, 0.25) is 0 Å². The number of nitrogens with one attached hydrogen (secondary N) is 1. The smallest absolute Gasteiger partial charge is 0.227 e. The van der Waals surface area contributed by atoms with Crippen molar-refractivity contribution in [2.45, 2.75) is 39.0 Å². The highest BCUT2D eigenvalue weighted by Gasteiger charge is 2.27. The topological polar surface area (TPSA) is 73.2 Å². The Hall–Kier alpha value is -2.35. The molecule has 122 valence electrons. The van der Waals surface area contributed by atoms with Gasteiger partial charge in [0, 0.05) is 25.4 Å². The maximum atomic E-state index is 12.4. The number of rotatable bonds is 5. The second kappa shape index (κ2) is 8.33. The predicted octanol–water partition coefficient (Wildman–Crippen LogP) is 2.93. The van der Waals surface area contributed by atoms with E-state index in [1.165, 1.54) is 0 Å². The van der Waals surface area contributed by atoms with E-state index in [1.807, 2.05) is 4.90 Å². The molecule has 1 aromatic rings.